The molecule has 13 heteroatoms. The molecule has 0 unspecified atom stereocenters. The maximum absolute atomic E-state index is 14.8. The summed E-state index contributed by atoms with van der Waals surface area (Å²) >= 11 is 0. The largest absolute Gasteiger partial charge is 0.494 e. The maximum atomic E-state index is 14.8. The fourth-order valence-electron chi connectivity index (χ4n) is 3.76. The van der Waals surface area contributed by atoms with Gasteiger partial charge in [0.25, 0.3) is 0 Å². The summed E-state index contributed by atoms with van der Waals surface area (Å²) in [5.41, 5.74) is -5.37. The number of rotatable bonds is 6. The van der Waals surface area contributed by atoms with E-state index < -0.39 is 92.0 Å². The quantitative estimate of drug-likeness (QED) is 0.125. The average Bonchev–Trinajstić information content (AvgIpc) is 2.85. The molecule has 42 heavy (non-hydrogen) atoms. The van der Waals surface area contributed by atoms with Gasteiger partial charge in [-0.25, -0.2) is 39.5 Å². The summed E-state index contributed by atoms with van der Waals surface area (Å²) in [7, 11) is 0. The molecule has 0 spiro atoms. The first-order valence-electron chi connectivity index (χ1n) is 11.6. The second kappa shape index (κ2) is 11.6. The molecule has 0 N–H and O–H groups in total. The Kier molecular flexibility index (Phi) is 8.38. The molecule has 2 nitrogen and oxygen atoms in total. The Morgan fingerprint density at radius 3 is 1.60 bits per heavy atom. The zero-order valence-corrected chi connectivity index (χ0v) is 20.8. The number of hydrogen-bond acceptors (Lipinski definition) is 2. The van der Waals surface area contributed by atoms with Crippen molar-refractivity contribution < 1.29 is 57.8 Å². The van der Waals surface area contributed by atoms with Crippen LogP contribution in [0, 0.1) is 64.2 Å². The summed E-state index contributed by atoms with van der Waals surface area (Å²) in [4.78, 5) is 0. The molecule has 0 atom stereocenters. The third kappa shape index (κ3) is 6.12. The fraction of sp³-hybridized carbons (Fsp3) is 0.103. The molecule has 0 aliphatic rings. The van der Waals surface area contributed by atoms with E-state index in [1.807, 2.05) is 11.8 Å². The Bertz CT molecular complexity index is 1660. The fourth-order valence-corrected chi connectivity index (χ4v) is 3.76. The van der Waals surface area contributed by atoms with Gasteiger partial charge in [-0.3, -0.25) is 0 Å². The topological polar surface area (TPSA) is 18.5 Å². The average molecular weight is 602 g/mol. The Hall–Kier alpha value is -4.73. The smallest absolute Gasteiger partial charge is 0.432 e. The summed E-state index contributed by atoms with van der Waals surface area (Å²) in [6, 6.07) is 3.01. The molecule has 0 aliphatic heterocycles. The lowest BCUT2D eigenvalue weighted by Gasteiger charge is -2.20. The zero-order chi connectivity index (χ0) is 30.9. The van der Waals surface area contributed by atoms with Crippen LogP contribution in [0.3, 0.4) is 0 Å². The summed E-state index contributed by atoms with van der Waals surface area (Å²) in [5, 5.41) is 0. The molecular formula is C29H13F11O2. The molecular weight excluding hydrogens is 589 g/mol. The first-order valence-corrected chi connectivity index (χ1v) is 11.6. The van der Waals surface area contributed by atoms with Crippen molar-refractivity contribution in [3.8, 4) is 34.5 Å². The highest BCUT2D eigenvalue weighted by atomic mass is 19.3. The molecule has 0 saturated carbocycles. The van der Waals surface area contributed by atoms with Gasteiger partial charge in [0, 0.05) is 29.8 Å². The highest BCUT2D eigenvalue weighted by Crippen LogP contribution is 2.38. The molecule has 0 amide bonds. The molecule has 4 aromatic carbocycles. The van der Waals surface area contributed by atoms with Crippen LogP contribution >= 0.6 is 0 Å². The van der Waals surface area contributed by atoms with Gasteiger partial charge in [-0.05, 0) is 36.8 Å². The summed E-state index contributed by atoms with van der Waals surface area (Å²) in [6.07, 6.45) is -4.89. The molecule has 0 saturated heterocycles. The maximum Gasteiger partial charge on any atom is 0.432 e. The molecule has 0 aliphatic carbocycles. The van der Waals surface area contributed by atoms with E-state index in [-0.39, 0.29) is 36.6 Å². The standard InChI is InChI=1S/C29H13F11O2/c1-2-41-15-9-18(30)17(19(31)10-15)4-3-13-5-22(34)27(23(35)6-13)29(39,40)42-16-11-20(32)26(21(33)12-16)14-7-24(36)28(38)25(37)8-14/h5-12H,2H2,1H3. The van der Waals surface area contributed by atoms with Crippen molar-refractivity contribution in [1.82, 2.24) is 0 Å². The van der Waals surface area contributed by atoms with E-state index in [4.69, 9.17) is 4.74 Å². The van der Waals surface area contributed by atoms with Crippen LogP contribution in [0.4, 0.5) is 48.3 Å². The van der Waals surface area contributed by atoms with E-state index in [9.17, 15) is 48.3 Å². The summed E-state index contributed by atoms with van der Waals surface area (Å²) < 4.78 is 165. The number of ether oxygens (including phenoxy) is 2. The Labute approximate surface area is 229 Å². The molecule has 0 radical (unpaired) electrons. The van der Waals surface area contributed by atoms with Crippen LogP contribution in [-0.2, 0) is 6.11 Å². The van der Waals surface area contributed by atoms with Gasteiger partial charge in [0.1, 0.15) is 52.0 Å². The van der Waals surface area contributed by atoms with Gasteiger partial charge in [-0.15, -0.1) is 0 Å². The van der Waals surface area contributed by atoms with Crippen molar-refractivity contribution in [1.29, 1.82) is 0 Å². The lowest BCUT2D eigenvalue weighted by molar-refractivity contribution is -0.189. The van der Waals surface area contributed by atoms with Crippen LogP contribution in [0.5, 0.6) is 11.5 Å². The molecule has 4 aromatic rings. The van der Waals surface area contributed by atoms with E-state index in [0.29, 0.717) is 12.1 Å². The minimum Gasteiger partial charge on any atom is -0.494 e. The number of hydrogen-bond donors (Lipinski definition) is 0. The van der Waals surface area contributed by atoms with E-state index in [1.165, 1.54) is 0 Å². The lowest BCUT2D eigenvalue weighted by Crippen LogP contribution is -2.25. The van der Waals surface area contributed by atoms with Crippen molar-refractivity contribution in [2.75, 3.05) is 6.61 Å². The van der Waals surface area contributed by atoms with E-state index in [1.54, 1.807) is 6.92 Å². The van der Waals surface area contributed by atoms with Gasteiger partial charge >= 0.3 is 6.11 Å². The summed E-state index contributed by atoms with van der Waals surface area (Å²) in [5.74, 6) is -12.5. The minimum atomic E-state index is -4.89. The Morgan fingerprint density at radius 2 is 1.10 bits per heavy atom. The van der Waals surface area contributed by atoms with Crippen molar-refractivity contribution in [2.24, 2.45) is 0 Å². The third-order valence-electron chi connectivity index (χ3n) is 5.53. The SMILES string of the molecule is CCOc1cc(F)c(C#Cc2cc(F)c(C(F)(F)Oc3cc(F)c(-c4cc(F)c(F)c(F)c4)c(F)c3)c(F)c2)c(F)c1. The zero-order valence-electron chi connectivity index (χ0n) is 20.8. The molecule has 0 fully saturated rings. The molecule has 0 aromatic heterocycles. The van der Waals surface area contributed by atoms with E-state index in [2.05, 4.69) is 4.74 Å². The van der Waals surface area contributed by atoms with Gasteiger partial charge in [0.2, 0.25) is 0 Å². The minimum absolute atomic E-state index is 0.108. The van der Waals surface area contributed by atoms with Crippen molar-refractivity contribution in [3.05, 3.63) is 118 Å². The van der Waals surface area contributed by atoms with Gasteiger partial charge in [0.05, 0.1) is 17.7 Å². The van der Waals surface area contributed by atoms with Crippen LogP contribution in [0.15, 0.2) is 48.5 Å². The highest BCUT2D eigenvalue weighted by Gasteiger charge is 2.41. The molecule has 0 bridgehead atoms. The van der Waals surface area contributed by atoms with Crippen LogP contribution in [0.1, 0.15) is 23.6 Å². The number of halogens is 11. The second-order valence-electron chi connectivity index (χ2n) is 8.39. The van der Waals surface area contributed by atoms with E-state index >= 15 is 0 Å². The van der Waals surface area contributed by atoms with Gasteiger partial charge < -0.3 is 9.47 Å². The van der Waals surface area contributed by atoms with Gasteiger partial charge in [0.15, 0.2) is 17.5 Å². The van der Waals surface area contributed by atoms with Gasteiger partial charge in [-0.2, -0.15) is 8.78 Å². The van der Waals surface area contributed by atoms with Crippen molar-refractivity contribution in [2.45, 2.75) is 13.0 Å². The van der Waals surface area contributed by atoms with E-state index in [0.717, 1.165) is 12.1 Å². The second-order valence-corrected chi connectivity index (χ2v) is 8.39. The molecule has 218 valence electrons. The monoisotopic (exact) mass is 602 g/mol. The van der Waals surface area contributed by atoms with Crippen molar-refractivity contribution >= 4 is 0 Å². The normalized spacial score (nSPS) is 11.2. The molecule has 4 rings (SSSR count). The Morgan fingerprint density at radius 1 is 0.595 bits per heavy atom. The van der Waals surface area contributed by atoms with Crippen LogP contribution in [0.25, 0.3) is 11.1 Å². The van der Waals surface area contributed by atoms with Crippen LogP contribution in [-0.4, -0.2) is 6.61 Å². The van der Waals surface area contributed by atoms with Crippen LogP contribution < -0.4 is 9.47 Å². The predicted octanol–water partition coefficient (Wildman–Crippen LogP) is 8.53. The highest BCUT2D eigenvalue weighted by molar-refractivity contribution is 5.66. The number of alkyl halides is 2. The predicted molar refractivity (Wildman–Crippen MR) is 126 cm³/mol. The van der Waals surface area contributed by atoms with Gasteiger partial charge in [-0.1, -0.05) is 11.8 Å². The number of benzene rings is 4. The first-order chi connectivity index (χ1) is 19.7. The Balaban J connectivity index is 1.63. The first kappa shape index (κ1) is 30.2. The molecule has 0 heterocycles. The summed E-state index contributed by atoms with van der Waals surface area (Å²) in [6.45, 7) is 1.68. The van der Waals surface area contributed by atoms with Crippen molar-refractivity contribution in [3.63, 3.8) is 0 Å². The third-order valence-corrected chi connectivity index (χ3v) is 5.53. The lowest BCUT2D eigenvalue weighted by atomic mass is 10.0. The van der Waals surface area contributed by atoms with Crippen LogP contribution in [0.2, 0.25) is 0 Å².